The highest BCUT2D eigenvalue weighted by Crippen LogP contribution is 2.31. The van der Waals surface area contributed by atoms with Crippen molar-refractivity contribution in [3.63, 3.8) is 0 Å². The largest absolute Gasteiger partial charge is 0.493 e. The van der Waals surface area contributed by atoms with Gasteiger partial charge in [-0.1, -0.05) is 26.2 Å². The quantitative estimate of drug-likeness (QED) is 0.251. The average molecular weight is 410 g/mol. The number of halogens is 4. The number of hydrogen-bond donors (Lipinski definition) is 0. The fourth-order valence-electron chi connectivity index (χ4n) is 3.52. The van der Waals surface area contributed by atoms with Crippen LogP contribution < -0.4 is 9.47 Å². The summed E-state index contributed by atoms with van der Waals surface area (Å²) in [5.74, 6) is -5.81. The standard InChI is InChI=1S/C22H22F4O3/c1-2-13-3-5-14(6-4-13)12-28-15-7-8-17(18(23)9-15)22(27)29-16-10-19(24)21(26)20(25)11-16/h7-11,13-14H,2-6,12H2,1H3/t13-,14-. The number of ether oxygens (including phenoxy) is 2. The second kappa shape index (κ2) is 9.29. The fraction of sp³-hybridized carbons (Fsp3) is 0.409. The number of benzene rings is 2. The normalized spacial score (nSPS) is 19.1. The van der Waals surface area contributed by atoms with Crippen molar-refractivity contribution in [1.82, 2.24) is 0 Å². The van der Waals surface area contributed by atoms with Gasteiger partial charge in [0, 0.05) is 18.2 Å². The van der Waals surface area contributed by atoms with Gasteiger partial charge in [-0.25, -0.2) is 22.4 Å². The first kappa shape index (κ1) is 21.1. The minimum absolute atomic E-state index is 0.288. The molecular weight excluding hydrogens is 388 g/mol. The van der Waals surface area contributed by atoms with E-state index in [0.29, 0.717) is 24.7 Å². The summed E-state index contributed by atoms with van der Waals surface area (Å²) in [4.78, 5) is 12.1. The van der Waals surface area contributed by atoms with Gasteiger partial charge in [-0.2, -0.15) is 0 Å². The van der Waals surface area contributed by atoms with Crippen LogP contribution in [0.25, 0.3) is 0 Å². The van der Waals surface area contributed by atoms with Gasteiger partial charge in [-0.05, 0) is 36.8 Å². The van der Waals surface area contributed by atoms with E-state index in [-0.39, 0.29) is 5.75 Å². The predicted molar refractivity (Wildman–Crippen MR) is 98.9 cm³/mol. The van der Waals surface area contributed by atoms with Crippen LogP contribution in [0.5, 0.6) is 11.5 Å². The van der Waals surface area contributed by atoms with Gasteiger partial charge in [0.15, 0.2) is 17.5 Å². The molecule has 2 aromatic carbocycles. The molecule has 1 fully saturated rings. The first-order chi connectivity index (χ1) is 13.9. The Labute approximate surface area is 166 Å². The summed E-state index contributed by atoms with van der Waals surface area (Å²) in [6.45, 7) is 2.67. The Morgan fingerprint density at radius 1 is 0.897 bits per heavy atom. The van der Waals surface area contributed by atoms with Crippen LogP contribution in [0.15, 0.2) is 30.3 Å². The highest BCUT2D eigenvalue weighted by Gasteiger charge is 2.21. The molecule has 0 saturated heterocycles. The zero-order valence-electron chi connectivity index (χ0n) is 16.0. The third-order valence-electron chi connectivity index (χ3n) is 5.36. The van der Waals surface area contributed by atoms with Crippen LogP contribution in [0.1, 0.15) is 49.4 Å². The monoisotopic (exact) mass is 410 g/mol. The van der Waals surface area contributed by atoms with Crippen molar-refractivity contribution in [2.24, 2.45) is 11.8 Å². The topological polar surface area (TPSA) is 35.5 Å². The number of esters is 1. The SMILES string of the molecule is CC[C@H]1CC[C@H](COc2ccc(C(=O)Oc3cc(F)c(F)c(F)c3)c(F)c2)CC1. The zero-order chi connectivity index (χ0) is 21.0. The van der Waals surface area contributed by atoms with Gasteiger partial charge < -0.3 is 9.47 Å². The van der Waals surface area contributed by atoms with Crippen molar-refractivity contribution in [3.8, 4) is 11.5 Å². The number of rotatable bonds is 6. The minimum atomic E-state index is -1.68. The van der Waals surface area contributed by atoms with Gasteiger partial charge in [0.05, 0.1) is 12.2 Å². The van der Waals surface area contributed by atoms with E-state index < -0.39 is 40.6 Å². The van der Waals surface area contributed by atoms with Gasteiger partial charge in [-0.3, -0.25) is 0 Å². The predicted octanol–water partition coefficient (Wildman–Crippen LogP) is 6.06. The lowest BCUT2D eigenvalue weighted by Gasteiger charge is -2.27. The van der Waals surface area contributed by atoms with Gasteiger partial charge >= 0.3 is 5.97 Å². The Morgan fingerprint density at radius 3 is 2.07 bits per heavy atom. The third kappa shape index (κ3) is 5.28. The molecule has 0 N–H and O–H groups in total. The van der Waals surface area contributed by atoms with Crippen LogP contribution in [-0.2, 0) is 0 Å². The summed E-state index contributed by atoms with van der Waals surface area (Å²) in [6.07, 6.45) is 5.70. The van der Waals surface area contributed by atoms with E-state index in [1.54, 1.807) is 0 Å². The molecule has 0 spiro atoms. The Hall–Kier alpha value is -2.57. The number of carbonyl (C=O) groups is 1. The van der Waals surface area contributed by atoms with Gasteiger partial charge in [0.2, 0.25) is 0 Å². The Morgan fingerprint density at radius 2 is 1.48 bits per heavy atom. The van der Waals surface area contributed by atoms with Crippen LogP contribution in [0, 0.1) is 35.1 Å². The van der Waals surface area contributed by atoms with Crippen LogP contribution in [0.4, 0.5) is 17.6 Å². The molecule has 0 atom stereocenters. The second-order valence-electron chi connectivity index (χ2n) is 7.34. The first-order valence-electron chi connectivity index (χ1n) is 9.66. The highest BCUT2D eigenvalue weighted by molar-refractivity contribution is 5.91. The summed E-state index contributed by atoms with van der Waals surface area (Å²) in [5.41, 5.74) is -0.425. The van der Waals surface area contributed by atoms with E-state index in [4.69, 9.17) is 9.47 Å². The van der Waals surface area contributed by atoms with Crippen LogP contribution in [0.2, 0.25) is 0 Å². The summed E-state index contributed by atoms with van der Waals surface area (Å²) < 4.78 is 64.1. The van der Waals surface area contributed by atoms with Crippen molar-refractivity contribution in [1.29, 1.82) is 0 Å². The molecule has 3 rings (SSSR count). The molecule has 1 aliphatic rings. The Bertz CT molecular complexity index is 853. The van der Waals surface area contributed by atoms with Crippen LogP contribution in [-0.4, -0.2) is 12.6 Å². The molecule has 29 heavy (non-hydrogen) atoms. The molecule has 1 aliphatic carbocycles. The van der Waals surface area contributed by atoms with Crippen molar-refractivity contribution >= 4 is 5.97 Å². The van der Waals surface area contributed by atoms with Crippen molar-refractivity contribution < 1.29 is 31.8 Å². The summed E-state index contributed by atoms with van der Waals surface area (Å²) in [7, 11) is 0. The van der Waals surface area contributed by atoms with Crippen molar-refractivity contribution in [2.45, 2.75) is 39.0 Å². The second-order valence-corrected chi connectivity index (χ2v) is 7.34. The molecule has 3 nitrogen and oxygen atoms in total. The summed E-state index contributed by atoms with van der Waals surface area (Å²) in [6, 6.07) is 4.71. The van der Waals surface area contributed by atoms with E-state index in [1.165, 1.54) is 31.4 Å². The highest BCUT2D eigenvalue weighted by atomic mass is 19.2. The maximum absolute atomic E-state index is 14.3. The van der Waals surface area contributed by atoms with E-state index in [1.807, 2.05) is 0 Å². The van der Waals surface area contributed by atoms with Gasteiger partial charge in [-0.15, -0.1) is 0 Å². The van der Waals surface area contributed by atoms with Crippen molar-refractivity contribution in [3.05, 3.63) is 59.2 Å². The molecule has 0 unspecified atom stereocenters. The molecular formula is C22H22F4O3. The lowest BCUT2D eigenvalue weighted by Crippen LogP contribution is -2.20. The molecule has 2 aromatic rings. The summed E-state index contributed by atoms with van der Waals surface area (Å²) in [5, 5.41) is 0. The molecule has 7 heteroatoms. The maximum Gasteiger partial charge on any atom is 0.346 e. The molecule has 0 amide bonds. The van der Waals surface area contributed by atoms with Crippen molar-refractivity contribution in [2.75, 3.05) is 6.61 Å². The third-order valence-corrected chi connectivity index (χ3v) is 5.36. The Kier molecular flexibility index (Phi) is 6.77. The smallest absolute Gasteiger partial charge is 0.346 e. The molecule has 0 heterocycles. The van der Waals surface area contributed by atoms with E-state index in [9.17, 15) is 22.4 Å². The molecule has 1 saturated carbocycles. The maximum atomic E-state index is 14.3. The molecule has 0 radical (unpaired) electrons. The molecule has 0 aliphatic heterocycles. The van der Waals surface area contributed by atoms with Crippen LogP contribution in [0.3, 0.4) is 0 Å². The van der Waals surface area contributed by atoms with E-state index >= 15 is 0 Å². The summed E-state index contributed by atoms with van der Waals surface area (Å²) >= 11 is 0. The number of carbonyl (C=O) groups excluding carboxylic acids is 1. The molecule has 0 aromatic heterocycles. The van der Waals surface area contributed by atoms with E-state index in [0.717, 1.165) is 24.8 Å². The molecule has 0 bridgehead atoms. The van der Waals surface area contributed by atoms with Crippen LogP contribution >= 0.6 is 0 Å². The van der Waals surface area contributed by atoms with Gasteiger partial charge in [0.25, 0.3) is 0 Å². The lowest BCUT2D eigenvalue weighted by atomic mass is 9.81. The first-order valence-corrected chi connectivity index (χ1v) is 9.66. The molecule has 156 valence electrons. The van der Waals surface area contributed by atoms with Gasteiger partial charge in [0.1, 0.15) is 17.3 Å². The number of hydrogen-bond acceptors (Lipinski definition) is 3. The van der Waals surface area contributed by atoms with E-state index in [2.05, 4.69) is 6.92 Å². The Balaban J connectivity index is 1.59. The lowest BCUT2D eigenvalue weighted by molar-refractivity contribution is 0.0728. The minimum Gasteiger partial charge on any atom is -0.493 e. The average Bonchev–Trinajstić information content (AvgIpc) is 2.70. The fourth-order valence-corrected chi connectivity index (χ4v) is 3.52. The zero-order valence-corrected chi connectivity index (χ0v) is 16.0.